The summed E-state index contributed by atoms with van der Waals surface area (Å²) in [7, 11) is 0. The third kappa shape index (κ3) is 5.01. The van der Waals surface area contributed by atoms with E-state index in [0.717, 1.165) is 15.2 Å². The fourth-order valence-electron chi connectivity index (χ4n) is 2.23. The van der Waals surface area contributed by atoms with Gasteiger partial charge in [0.1, 0.15) is 0 Å². The van der Waals surface area contributed by atoms with E-state index in [1.807, 2.05) is 45.0 Å². The monoisotopic (exact) mass is 348 g/mol. The molecule has 6 nitrogen and oxygen atoms in total. The van der Waals surface area contributed by atoms with E-state index in [1.165, 1.54) is 0 Å². The molecular weight excluding hydrogens is 324 g/mol. The van der Waals surface area contributed by atoms with Crippen LogP contribution in [-0.2, 0) is 16.0 Å². The standard InChI is InChI=1S/C17H24N4O2S/c1-10(2)16(18)17(23)19-9-14(22)20-11(3)8-15-21-12-6-4-5-7-13(12)24-15/h4-7,10-11,16H,8-9,18H2,1-3H3,(H,19,23)(H,20,22)/t11?,16-/m0/s1. The van der Waals surface area contributed by atoms with Gasteiger partial charge >= 0.3 is 0 Å². The van der Waals surface area contributed by atoms with Crippen LogP contribution in [0.3, 0.4) is 0 Å². The number of nitrogens with two attached hydrogens (primary N) is 1. The summed E-state index contributed by atoms with van der Waals surface area (Å²) in [5.41, 5.74) is 6.71. The number of benzene rings is 1. The number of amides is 2. The van der Waals surface area contributed by atoms with Gasteiger partial charge in [-0.25, -0.2) is 4.98 Å². The SMILES string of the molecule is CC(Cc1nc2ccccc2s1)NC(=O)CNC(=O)[C@@H](N)C(C)C. The van der Waals surface area contributed by atoms with Crippen LogP contribution in [0.1, 0.15) is 25.8 Å². The van der Waals surface area contributed by atoms with E-state index in [9.17, 15) is 9.59 Å². The molecule has 0 saturated carbocycles. The van der Waals surface area contributed by atoms with Crippen molar-refractivity contribution in [3.8, 4) is 0 Å². The van der Waals surface area contributed by atoms with Crippen LogP contribution in [0.5, 0.6) is 0 Å². The van der Waals surface area contributed by atoms with Crippen molar-refractivity contribution in [2.75, 3.05) is 6.54 Å². The summed E-state index contributed by atoms with van der Waals surface area (Å²) in [6.45, 7) is 5.59. The molecule has 0 aliphatic carbocycles. The molecule has 2 atom stereocenters. The Morgan fingerprint density at radius 3 is 2.62 bits per heavy atom. The zero-order valence-electron chi connectivity index (χ0n) is 14.2. The normalized spacial score (nSPS) is 13.7. The van der Waals surface area contributed by atoms with Crippen LogP contribution in [0.4, 0.5) is 0 Å². The van der Waals surface area contributed by atoms with Gasteiger partial charge < -0.3 is 16.4 Å². The molecule has 7 heteroatoms. The number of para-hydroxylation sites is 1. The van der Waals surface area contributed by atoms with Gasteiger partial charge in [-0.1, -0.05) is 26.0 Å². The zero-order valence-corrected chi connectivity index (χ0v) is 15.0. The van der Waals surface area contributed by atoms with Gasteiger partial charge in [0.15, 0.2) is 0 Å². The molecule has 0 radical (unpaired) electrons. The number of nitrogens with zero attached hydrogens (tertiary/aromatic N) is 1. The van der Waals surface area contributed by atoms with E-state index in [1.54, 1.807) is 11.3 Å². The molecule has 0 aliphatic heterocycles. The molecule has 1 aromatic heterocycles. The molecule has 4 N–H and O–H groups in total. The van der Waals surface area contributed by atoms with Crippen molar-refractivity contribution < 1.29 is 9.59 Å². The first-order chi connectivity index (χ1) is 11.4. The Balaban J connectivity index is 1.80. The van der Waals surface area contributed by atoms with E-state index in [2.05, 4.69) is 15.6 Å². The number of rotatable bonds is 7. The van der Waals surface area contributed by atoms with Crippen molar-refractivity contribution in [2.45, 2.75) is 39.3 Å². The van der Waals surface area contributed by atoms with Crippen LogP contribution in [-0.4, -0.2) is 35.4 Å². The van der Waals surface area contributed by atoms with E-state index in [4.69, 9.17) is 5.73 Å². The van der Waals surface area contributed by atoms with Gasteiger partial charge in [-0.05, 0) is 25.0 Å². The summed E-state index contributed by atoms with van der Waals surface area (Å²) in [6.07, 6.45) is 0.657. The molecular formula is C17H24N4O2S. The maximum atomic E-state index is 11.9. The van der Waals surface area contributed by atoms with E-state index >= 15 is 0 Å². The van der Waals surface area contributed by atoms with E-state index in [-0.39, 0.29) is 30.3 Å². The number of aromatic nitrogens is 1. The van der Waals surface area contributed by atoms with Crippen molar-refractivity contribution >= 4 is 33.4 Å². The Morgan fingerprint density at radius 1 is 1.25 bits per heavy atom. The second-order valence-electron chi connectivity index (χ2n) is 6.24. The van der Waals surface area contributed by atoms with Gasteiger partial charge in [-0.3, -0.25) is 9.59 Å². The second-order valence-corrected chi connectivity index (χ2v) is 7.35. The maximum Gasteiger partial charge on any atom is 0.239 e. The van der Waals surface area contributed by atoms with E-state index in [0.29, 0.717) is 6.42 Å². The Bertz CT molecular complexity index is 680. The number of thiazole rings is 1. The number of fused-ring (bicyclic) bond motifs is 1. The van der Waals surface area contributed by atoms with Crippen molar-refractivity contribution in [3.63, 3.8) is 0 Å². The molecule has 0 spiro atoms. The highest BCUT2D eigenvalue weighted by atomic mass is 32.1. The van der Waals surface area contributed by atoms with Gasteiger partial charge in [-0.2, -0.15) is 0 Å². The van der Waals surface area contributed by atoms with Gasteiger partial charge in [0.25, 0.3) is 0 Å². The van der Waals surface area contributed by atoms with Crippen LogP contribution in [0.25, 0.3) is 10.2 Å². The minimum Gasteiger partial charge on any atom is -0.352 e. The maximum absolute atomic E-state index is 11.9. The molecule has 2 rings (SSSR count). The van der Waals surface area contributed by atoms with E-state index < -0.39 is 6.04 Å². The Hall–Kier alpha value is -1.99. The first-order valence-electron chi connectivity index (χ1n) is 8.04. The molecule has 2 aromatic rings. The second kappa shape index (κ2) is 8.21. The zero-order chi connectivity index (χ0) is 17.7. The molecule has 1 heterocycles. The predicted octanol–water partition coefficient (Wildman–Crippen LogP) is 1.44. The lowest BCUT2D eigenvalue weighted by Crippen LogP contribution is -2.48. The first-order valence-corrected chi connectivity index (χ1v) is 8.85. The van der Waals surface area contributed by atoms with Gasteiger partial charge in [-0.15, -0.1) is 11.3 Å². The molecule has 0 fully saturated rings. The fourth-order valence-corrected chi connectivity index (χ4v) is 3.33. The largest absolute Gasteiger partial charge is 0.352 e. The van der Waals surface area contributed by atoms with Crippen LogP contribution < -0.4 is 16.4 Å². The highest BCUT2D eigenvalue weighted by molar-refractivity contribution is 7.18. The van der Waals surface area contributed by atoms with Gasteiger partial charge in [0.05, 0.1) is 27.8 Å². The number of carbonyl (C=O) groups excluding carboxylic acids is 2. The lowest BCUT2D eigenvalue weighted by Gasteiger charge is -2.16. The van der Waals surface area contributed by atoms with Crippen LogP contribution in [0, 0.1) is 5.92 Å². The summed E-state index contributed by atoms with van der Waals surface area (Å²) in [5.74, 6) is -0.502. The predicted molar refractivity (Wildman–Crippen MR) is 96.8 cm³/mol. The Morgan fingerprint density at radius 2 is 1.96 bits per heavy atom. The average molecular weight is 348 g/mol. The highest BCUT2D eigenvalue weighted by Crippen LogP contribution is 2.22. The molecule has 1 aromatic carbocycles. The third-order valence-electron chi connectivity index (χ3n) is 3.67. The summed E-state index contributed by atoms with van der Waals surface area (Å²) < 4.78 is 1.14. The van der Waals surface area contributed by atoms with Crippen LogP contribution in [0.15, 0.2) is 24.3 Å². The first kappa shape index (κ1) is 18.4. The molecule has 0 saturated heterocycles. The summed E-state index contributed by atoms with van der Waals surface area (Å²) in [6, 6.07) is 7.30. The molecule has 130 valence electrons. The third-order valence-corrected chi connectivity index (χ3v) is 4.73. The van der Waals surface area contributed by atoms with Crippen molar-refractivity contribution in [1.82, 2.24) is 15.6 Å². The van der Waals surface area contributed by atoms with Crippen molar-refractivity contribution in [3.05, 3.63) is 29.3 Å². The lowest BCUT2D eigenvalue weighted by molar-refractivity contribution is -0.127. The molecule has 1 unspecified atom stereocenters. The summed E-state index contributed by atoms with van der Waals surface area (Å²) in [4.78, 5) is 28.2. The fraction of sp³-hybridized carbons (Fsp3) is 0.471. The highest BCUT2D eigenvalue weighted by Gasteiger charge is 2.18. The average Bonchev–Trinajstić information content (AvgIpc) is 2.93. The molecule has 2 amide bonds. The topological polar surface area (TPSA) is 97.1 Å². The van der Waals surface area contributed by atoms with Crippen molar-refractivity contribution in [2.24, 2.45) is 11.7 Å². The molecule has 0 aliphatic rings. The number of nitrogens with one attached hydrogen (secondary N) is 2. The van der Waals surface area contributed by atoms with Gasteiger partial charge in [0.2, 0.25) is 11.8 Å². The van der Waals surface area contributed by atoms with Gasteiger partial charge in [0, 0.05) is 12.5 Å². The minimum absolute atomic E-state index is 0.0334. The lowest BCUT2D eigenvalue weighted by atomic mass is 10.1. The summed E-state index contributed by atoms with van der Waals surface area (Å²) >= 11 is 1.63. The number of carbonyl (C=O) groups is 2. The Labute approximate surface area is 145 Å². The molecule has 24 heavy (non-hydrogen) atoms. The minimum atomic E-state index is -0.599. The van der Waals surface area contributed by atoms with Crippen molar-refractivity contribution in [1.29, 1.82) is 0 Å². The number of hydrogen-bond acceptors (Lipinski definition) is 5. The Kier molecular flexibility index (Phi) is 6.28. The quantitative estimate of drug-likeness (QED) is 0.705. The van der Waals surface area contributed by atoms with Crippen LogP contribution >= 0.6 is 11.3 Å². The summed E-state index contributed by atoms with van der Waals surface area (Å²) in [5, 5.41) is 6.42. The van der Waals surface area contributed by atoms with Crippen LogP contribution in [0.2, 0.25) is 0 Å². The molecule has 0 bridgehead atoms. The smallest absolute Gasteiger partial charge is 0.239 e. The number of hydrogen-bond donors (Lipinski definition) is 3.